The predicted octanol–water partition coefficient (Wildman–Crippen LogP) is 5.29. The Labute approximate surface area is 188 Å². The van der Waals surface area contributed by atoms with Gasteiger partial charge in [-0.15, -0.1) is 0 Å². The maximum absolute atomic E-state index is 14.9. The molecule has 1 aliphatic heterocycles. The van der Waals surface area contributed by atoms with Gasteiger partial charge in [-0.05, 0) is 44.0 Å². The van der Waals surface area contributed by atoms with Crippen LogP contribution < -0.4 is 15.4 Å². The largest absolute Gasteiger partial charge is 0.494 e. The standard InChI is InChI=1S/C24H21BrFN3O2/c1-2-31-21-9-4-3-6-15(21)22-16(13-27)24(28)29(18-11-10-14(25)12-17(18)26)19-7-5-8-20(30)23(19)22/h3-4,6,9-12,22H,2,5,7-8,28H2,1H3/t22-/m0/s1. The van der Waals surface area contributed by atoms with Crippen molar-refractivity contribution < 1.29 is 13.9 Å². The lowest BCUT2D eigenvalue weighted by molar-refractivity contribution is -0.116. The van der Waals surface area contributed by atoms with Gasteiger partial charge in [-0.2, -0.15) is 5.26 Å². The van der Waals surface area contributed by atoms with E-state index >= 15 is 0 Å². The molecule has 2 aliphatic rings. The lowest BCUT2D eigenvalue weighted by Crippen LogP contribution is -2.39. The Balaban J connectivity index is 1.99. The molecular formula is C24H21BrFN3O2. The zero-order chi connectivity index (χ0) is 22.1. The highest BCUT2D eigenvalue weighted by molar-refractivity contribution is 9.10. The highest BCUT2D eigenvalue weighted by Crippen LogP contribution is 2.48. The third-order valence-corrected chi connectivity index (χ3v) is 6.09. The topological polar surface area (TPSA) is 79.3 Å². The van der Waals surface area contributed by atoms with E-state index in [1.807, 2.05) is 31.2 Å². The van der Waals surface area contributed by atoms with Crippen molar-refractivity contribution in [2.45, 2.75) is 32.1 Å². The second-order valence-electron chi connectivity index (χ2n) is 7.38. The van der Waals surface area contributed by atoms with Crippen molar-refractivity contribution in [3.63, 3.8) is 0 Å². The van der Waals surface area contributed by atoms with Gasteiger partial charge in [0.25, 0.3) is 0 Å². The van der Waals surface area contributed by atoms with Crippen LogP contribution >= 0.6 is 15.9 Å². The van der Waals surface area contributed by atoms with Crippen LogP contribution in [-0.4, -0.2) is 12.4 Å². The molecule has 0 spiro atoms. The van der Waals surface area contributed by atoms with Crippen molar-refractivity contribution in [2.75, 3.05) is 11.5 Å². The first-order chi connectivity index (χ1) is 15.0. The van der Waals surface area contributed by atoms with E-state index in [9.17, 15) is 14.4 Å². The van der Waals surface area contributed by atoms with Crippen molar-refractivity contribution in [2.24, 2.45) is 5.73 Å². The zero-order valence-electron chi connectivity index (χ0n) is 17.0. The molecule has 1 heterocycles. The van der Waals surface area contributed by atoms with Crippen LogP contribution in [-0.2, 0) is 4.79 Å². The molecule has 0 fully saturated rings. The summed E-state index contributed by atoms with van der Waals surface area (Å²) in [5.41, 5.74) is 8.77. The van der Waals surface area contributed by atoms with Crippen molar-refractivity contribution in [1.29, 1.82) is 5.26 Å². The van der Waals surface area contributed by atoms with Crippen LogP contribution in [0.5, 0.6) is 5.75 Å². The number of allylic oxidation sites excluding steroid dienone is 3. The van der Waals surface area contributed by atoms with Gasteiger partial charge in [0.2, 0.25) is 0 Å². The number of carbonyl (C=O) groups is 1. The average Bonchev–Trinajstić information content (AvgIpc) is 2.75. The summed E-state index contributed by atoms with van der Waals surface area (Å²) in [6, 6.07) is 14.2. The Morgan fingerprint density at radius 2 is 2.06 bits per heavy atom. The minimum atomic E-state index is -0.648. The first kappa shape index (κ1) is 21.1. The zero-order valence-corrected chi connectivity index (χ0v) is 18.6. The van der Waals surface area contributed by atoms with Crippen LogP contribution in [0.4, 0.5) is 10.1 Å². The third kappa shape index (κ3) is 3.61. The lowest BCUT2D eigenvalue weighted by atomic mass is 9.75. The van der Waals surface area contributed by atoms with Crippen LogP contribution in [0.1, 0.15) is 37.7 Å². The maximum atomic E-state index is 14.9. The SMILES string of the molecule is CCOc1ccccc1[C@H]1C(C#N)=C(N)N(c2ccc(Br)cc2F)C2=C1C(=O)CCC2. The van der Waals surface area contributed by atoms with Gasteiger partial charge < -0.3 is 10.5 Å². The van der Waals surface area contributed by atoms with E-state index in [2.05, 4.69) is 22.0 Å². The monoisotopic (exact) mass is 481 g/mol. The number of Topliss-reactive ketones (excluding diaryl/α,β-unsaturated/α-hetero) is 1. The van der Waals surface area contributed by atoms with Crippen molar-refractivity contribution >= 4 is 27.4 Å². The molecule has 158 valence electrons. The second kappa shape index (κ2) is 8.56. The van der Waals surface area contributed by atoms with E-state index in [0.29, 0.717) is 52.9 Å². The van der Waals surface area contributed by atoms with Gasteiger partial charge in [-0.25, -0.2) is 4.39 Å². The summed E-state index contributed by atoms with van der Waals surface area (Å²) in [4.78, 5) is 14.7. The summed E-state index contributed by atoms with van der Waals surface area (Å²) in [6.07, 6.45) is 1.58. The fraction of sp³-hybridized carbons (Fsp3) is 0.250. The van der Waals surface area contributed by atoms with Crippen LogP contribution in [0.25, 0.3) is 0 Å². The van der Waals surface area contributed by atoms with Gasteiger partial charge in [0.1, 0.15) is 17.4 Å². The van der Waals surface area contributed by atoms with Gasteiger partial charge in [0.15, 0.2) is 5.78 Å². The minimum Gasteiger partial charge on any atom is -0.494 e. The molecule has 0 saturated carbocycles. The summed E-state index contributed by atoms with van der Waals surface area (Å²) in [6.45, 7) is 2.32. The highest BCUT2D eigenvalue weighted by Gasteiger charge is 2.41. The molecule has 2 N–H and O–H groups in total. The molecule has 31 heavy (non-hydrogen) atoms. The van der Waals surface area contributed by atoms with Gasteiger partial charge in [0, 0.05) is 27.7 Å². The maximum Gasteiger partial charge on any atom is 0.161 e. The number of carbonyl (C=O) groups excluding carboxylic acids is 1. The van der Waals surface area contributed by atoms with Crippen LogP contribution in [0, 0.1) is 17.1 Å². The number of hydrogen-bond donors (Lipinski definition) is 1. The number of para-hydroxylation sites is 1. The molecule has 2 aromatic carbocycles. The molecule has 0 aromatic heterocycles. The molecule has 7 heteroatoms. The molecule has 0 bridgehead atoms. The number of rotatable bonds is 4. The number of ether oxygens (including phenoxy) is 1. The fourth-order valence-corrected chi connectivity index (χ4v) is 4.67. The van der Waals surface area contributed by atoms with Crippen molar-refractivity contribution in [1.82, 2.24) is 0 Å². The first-order valence-corrected chi connectivity index (χ1v) is 10.9. The number of nitrogens with two attached hydrogens (primary N) is 1. The minimum absolute atomic E-state index is 0.0553. The first-order valence-electron chi connectivity index (χ1n) is 10.1. The van der Waals surface area contributed by atoms with E-state index < -0.39 is 11.7 Å². The molecule has 4 rings (SSSR count). The molecule has 5 nitrogen and oxygen atoms in total. The molecule has 2 aromatic rings. The number of ketones is 1. The second-order valence-corrected chi connectivity index (χ2v) is 8.30. The summed E-state index contributed by atoms with van der Waals surface area (Å²) >= 11 is 3.27. The number of benzene rings is 2. The smallest absolute Gasteiger partial charge is 0.161 e. The van der Waals surface area contributed by atoms with E-state index in [4.69, 9.17) is 10.5 Å². The lowest BCUT2D eigenvalue weighted by Gasteiger charge is -2.40. The summed E-state index contributed by atoms with van der Waals surface area (Å²) in [5, 5.41) is 10.1. The quantitative estimate of drug-likeness (QED) is 0.641. The van der Waals surface area contributed by atoms with Gasteiger partial charge in [0.05, 0.1) is 29.9 Å². The van der Waals surface area contributed by atoms with Gasteiger partial charge in [-0.3, -0.25) is 9.69 Å². The molecule has 0 unspecified atom stereocenters. The number of nitrogens with zero attached hydrogens (tertiary/aromatic N) is 2. The Bertz CT molecular complexity index is 1170. The fourth-order valence-electron chi connectivity index (χ4n) is 4.34. The number of anilines is 1. The van der Waals surface area contributed by atoms with E-state index in [1.165, 1.54) is 11.0 Å². The van der Waals surface area contributed by atoms with Crippen LogP contribution in [0.2, 0.25) is 0 Å². The summed E-state index contributed by atoms with van der Waals surface area (Å²) in [5.74, 6) is -0.462. The van der Waals surface area contributed by atoms with Crippen molar-refractivity contribution in [3.05, 3.63) is 81.0 Å². The summed E-state index contributed by atoms with van der Waals surface area (Å²) in [7, 11) is 0. The number of halogens is 2. The number of nitriles is 1. The Morgan fingerprint density at radius 3 is 2.77 bits per heavy atom. The van der Waals surface area contributed by atoms with E-state index in [-0.39, 0.29) is 22.9 Å². The van der Waals surface area contributed by atoms with E-state index in [0.717, 1.165) is 0 Å². The third-order valence-electron chi connectivity index (χ3n) is 5.59. The Hall–Kier alpha value is -3.11. The van der Waals surface area contributed by atoms with Crippen molar-refractivity contribution in [3.8, 4) is 11.8 Å². The average molecular weight is 482 g/mol. The molecule has 0 saturated heterocycles. The molecule has 0 radical (unpaired) electrons. The van der Waals surface area contributed by atoms with Gasteiger partial charge in [-0.1, -0.05) is 34.1 Å². The molecule has 1 aliphatic carbocycles. The number of hydrogen-bond acceptors (Lipinski definition) is 5. The summed E-state index contributed by atoms with van der Waals surface area (Å²) < 4.78 is 21.3. The normalized spacial score (nSPS) is 18.7. The van der Waals surface area contributed by atoms with E-state index in [1.54, 1.807) is 12.1 Å². The molecule has 1 atom stereocenters. The van der Waals surface area contributed by atoms with Gasteiger partial charge >= 0.3 is 0 Å². The Kier molecular flexibility index (Phi) is 5.84. The molecule has 0 amide bonds. The Morgan fingerprint density at radius 1 is 1.29 bits per heavy atom. The van der Waals surface area contributed by atoms with Crippen LogP contribution in [0.3, 0.4) is 0 Å². The predicted molar refractivity (Wildman–Crippen MR) is 120 cm³/mol. The highest BCUT2D eigenvalue weighted by atomic mass is 79.9. The van der Waals surface area contributed by atoms with Crippen LogP contribution in [0.15, 0.2) is 69.6 Å². The molecular weight excluding hydrogens is 461 g/mol.